The van der Waals surface area contributed by atoms with E-state index >= 15 is 0 Å². The van der Waals surface area contributed by atoms with Crippen LogP contribution in [-0.4, -0.2) is 48.9 Å². The molecule has 2 aromatic rings. The molecule has 1 aromatic carbocycles. The van der Waals surface area contributed by atoms with Crippen LogP contribution in [0, 0.1) is 0 Å². The number of nitrogens with one attached hydrogen (secondary N) is 2. The zero-order valence-corrected chi connectivity index (χ0v) is 17.9. The fourth-order valence-electron chi connectivity index (χ4n) is 4.30. The Hall–Kier alpha value is -2.88. The van der Waals surface area contributed by atoms with Gasteiger partial charge in [-0.1, -0.05) is 49.2 Å². The molecule has 5 rings (SSSR count). The first kappa shape index (κ1) is 20.0. The van der Waals surface area contributed by atoms with E-state index in [1.807, 2.05) is 34.9 Å². The number of para-hydroxylation sites is 1. The summed E-state index contributed by atoms with van der Waals surface area (Å²) >= 11 is 1.24. The van der Waals surface area contributed by atoms with Crippen molar-refractivity contribution < 1.29 is 14.4 Å². The van der Waals surface area contributed by atoms with Gasteiger partial charge in [-0.05, 0) is 37.8 Å². The largest absolute Gasteiger partial charge is 0.344 e. The minimum Gasteiger partial charge on any atom is -0.322 e. The maximum absolute atomic E-state index is 12.8. The molecule has 0 bridgehead atoms. The fraction of sp³-hybridized carbons (Fsp3) is 0.476. The van der Waals surface area contributed by atoms with Crippen LogP contribution in [0.4, 0.5) is 4.79 Å². The number of hydrogen-bond donors (Lipinski definition) is 2. The highest BCUT2D eigenvalue weighted by atomic mass is 32.2. The number of imide groups is 1. The van der Waals surface area contributed by atoms with Crippen molar-refractivity contribution in [2.24, 2.45) is 0 Å². The number of nitrogens with zero attached hydrogens (tertiary/aromatic N) is 4. The standard InChI is InChI=1S/C21H24N6O3S/c28-16(25-27-18(29)21(22-19(27)30)11-5-2-6-12-21)13-31-20-24-23-17(14-9-10-14)26(20)15-7-3-1-4-8-15/h1,3-4,7-8,14H,2,5-6,9-13H2,(H,22,30)(H,25,28). The molecule has 2 saturated carbocycles. The lowest BCUT2D eigenvalue weighted by Crippen LogP contribution is -2.51. The molecule has 4 amide bonds. The van der Waals surface area contributed by atoms with E-state index in [-0.39, 0.29) is 11.7 Å². The number of amides is 4. The molecule has 9 nitrogen and oxygen atoms in total. The van der Waals surface area contributed by atoms with Crippen LogP contribution in [0.25, 0.3) is 5.69 Å². The Morgan fingerprint density at radius 2 is 1.87 bits per heavy atom. The highest BCUT2D eigenvalue weighted by Gasteiger charge is 2.52. The smallest absolute Gasteiger partial charge is 0.322 e. The summed E-state index contributed by atoms with van der Waals surface area (Å²) in [6, 6.07) is 9.25. The molecule has 3 fully saturated rings. The van der Waals surface area contributed by atoms with E-state index < -0.39 is 17.5 Å². The van der Waals surface area contributed by atoms with E-state index in [0.29, 0.717) is 23.9 Å². The normalized spacial score (nSPS) is 20.2. The lowest BCUT2D eigenvalue weighted by atomic mass is 9.82. The van der Waals surface area contributed by atoms with Crippen molar-refractivity contribution in [2.75, 3.05) is 5.75 Å². The summed E-state index contributed by atoms with van der Waals surface area (Å²) in [5.41, 5.74) is 2.57. The molecular formula is C21H24N6O3S. The molecule has 162 valence electrons. The average Bonchev–Trinajstić information content (AvgIpc) is 3.51. The molecule has 0 unspecified atom stereocenters. The van der Waals surface area contributed by atoms with Gasteiger partial charge in [0.1, 0.15) is 11.4 Å². The van der Waals surface area contributed by atoms with Crippen molar-refractivity contribution in [3.05, 3.63) is 36.2 Å². The van der Waals surface area contributed by atoms with Crippen LogP contribution in [0.3, 0.4) is 0 Å². The van der Waals surface area contributed by atoms with Crippen molar-refractivity contribution in [2.45, 2.75) is 61.6 Å². The minimum atomic E-state index is -0.859. The Balaban J connectivity index is 1.26. The molecular weight excluding hydrogens is 416 g/mol. The molecule has 2 heterocycles. The lowest BCUT2D eigenvalue weighted by Gasteiger charge is -2.30. The number of carbonyl (C=O) groups excluding carboxylic acids is 3. The van der Waals surface area contributed by atoms with Crippen LogP contribution in [0.1, 0.15) is 56.7 Å². The molecule has 2 N–H and O–H groups in total. The Labute approximate surface area is 183 Å². The van der Waals surface area contributed by atoms with Gasteiger partial charge in [0.05, 0.1) is 5.75 Å². The van der Waals surface area contributed by atoms with Crippen molar-refractivity contribution >= 4 is 29.6 Å². The van der Waals surface area contributed by atoms with Crippen LogP contribution in [0.2, 0.25) is 0 Å². The highest BCUT2D eigenvalue weighted by Crippen LogP contribution is 2.41. The topological polar surface area (TPSA) is 109 Å². The van der Waals surface area contributed by atoms with E-state index in [1.165, 1.54) is 11.8 Å². The second-order valence-electron chi connectivity index (χ2n) is 8.32. The third-order valence-corrected chi connectivity index (χ3v) is 6.98. The average molecular weight is 441 g/mol. The Morgan fingerprint density at radius 3 is 2.58 bits per heavy atom. The van der Waals surface area contributed by atoms with Gasteiger partial charge >= 0.3 is 6.03 Å². The predicted molar refractivity (Wildman–Crippen MR) is 113 cm³/mol. The van der Waals surface area contributed by atoms with Gasteiger partial charge in [0.25, 0.3) is 5.91 Å². The van der Waals surface area contributed by atoms with Crippen LogP contribution in [0.5, 0.6) is 0 Å². The molecule has 0 atom stereocenters. The zero-order valence-electron chi connectivity index (χ0n) is 17.0. The lowest BCUT2D eigenvalue weighted by molar-refractivity contribution is -0.139. The van der Waals surface area contributed by atoms with Gasteiger partial charge in [0.2, 0.25) is 5.91 Å². The molecule has 3 aliphatic rings. The van der Waals surface area contributed by atoms with Crippen LogP contribution < -0.4 is 10.7 Å². The molecule has 0 radical (unpaired) electrons. The first-order valence-corrected chi connectivity index (χ1v) is 11.7. The number of thioether (sulfide) groups is 1. The predicted octanol–water partition coefficient (Wildman–Crippen LogP) is 2.52. The number of aromatic nitrogens is 3. The fourth-order valence-corrected chi connectivity index (χ4v) is 5.05. The van der Waals surface area contributed by atoms with E-state index in [2.05, 4.69) is 20.9 Å². The third kappa shape index (κ3) is 3.80. The maximum atomic E-state index is 12.8. The Kier molecular flexibility index (Phi) is 5.17. The minimum absolute atomic E-state index is 0.0136. The summed E-state index contributed by atoms with van der Waals surface area (Å²) < 4.78 is 1.99. The second kappa shape index (κ2) is 7.99. The van der Waals surface area contributed by atoms with Crippen molar-refractivity contribution in [1.82, 2.24) is 30.5 Å². The number of hydrogen-bond acceptors (Lipinski definition) is 6. The number of benzene rings is 1. The summed E-state index contributed by atoms with van der Waals surface area (Å²) in [6.45, 7) is 0. The van der Waals surface area contributed by atoms with Gasteiger partial charge in [0, 0.05) is 11.6 Å². The summed E-state index contributed by atoms with van der Waals surface area (Å²) in [7, 11) is 0. The Bertz CT molecular complexity index is 1010. The van der Waals surface area contributed by atoms with Crippen LogP contribution >= 0.6 is 11.8 Å². The molecule has 1 spiro atoms. The van der Waals surface area contributed by atoms with E-state index in [9.17, 15) is 14.4 Å². The zero-order chi connectivity index (χ0) is 21.4. The van der Waals surface area contributed by atoms with Gasteiger partial charge in [-0.25, -0.2) is 4.79 Å². The molecule has 1 aliphatic heterocycles. The first-order valence-electron chi connectivity index (χ1n) is 10.7. The third-order valence-electron chi connectivity index (χ3n) is 6.05. The maximum Gasteiger partial charge on any atom is 0.344 e. The molecule has 10 heteroatoms. The number of rotatable bonds is 6. The van der Waals surface area contributed by atoms with E-state index in [0.717, 1.165) is 48.6 Å². The second-order valence-corrected chi connectivity index (χ2v) is 9.27. The molecule has 1 aromatic heterocycles. The van der Waals surface area contributed by atoms with Crippen molar-refractivity contribution in [1.29, 1.82) is 0 Å². The number of urea groups is 1. The molecule has 1 saturated heterocycles. The highest BCUT2D eigenvalue weighted by molar-refractivity contribution is 7.99. The van der Waals surface area contributed by atoms with E-state index in [4.69, 9.17) is 0 Å². The first-order chi connectivity index (χ1) is 15.1. The Morgan fingerprint density at radius 1 is 1.13 bits per heavy atom. The molecule has 31 heavy (non-hydrogen) atoms. The summed E-state index contributed by atoms with van der Waals surface area (Å²) in [5.74, 6) is 0.520. The summed E-state index contributed by atoms with van der Waals surface area (Å²) in [4.78, 5) is 37.7. The SMILES string of the molecule is O=C(CSc1nnc(C2CC2)n1-c1ccccc1)NN1C(=O)NC2(CCCCC2)C1=O. The van der Waals surface area contributed by atoms with Gasteiger partial charge in [0.15, 0.2) is 5.16 Å². The van der Waals surface area contributed by atoms with Crippen molar-refractivity contribution in [3.63, 3.8) is 0 Å². The van der Waals surface area contributed by atoms with Crippen molar-refractivity contribution in [3.8, 4) is 5.69 Å². The van der Waals surface area contributed by atoms with Gasteiger partial charge in [-0.2, -0.15) is 5.01 Å². The molecule has 2 aliphatic carbocycles. The van der Waals surface area contributed by atoms with Crippen LogP contribution in [0.15, 0.2) is 35.5 Å². The van der Waals surface area contributed by atoms with E-state index in [1.54, 1.807) is 0 Å². The van der Waals surface area contributed by atoms with Gasteiger partial charge in [-0.3, -0.25) is 19.6 Å². The van der Waals surface area contributed by atoms with Gasteiger partial charge < -0.3 is 5.32 Å². The summed E-state index contributed by atoms with van der Waals surface area (Å²) in [5, 5.41) is 12.9. The van der Waals surface area contributed by atoms with Gasteiger partial charge in [-0.15, -0.1) is 10.2 Å². The summed E-state index contributed by atoms with van der Waals surface area (Å²) in [6.07, 6.45) is 6.24. The number of carbonyl (C=O) groups is 3. The quantitative estimate of drug-likeness (QED) is 0.528. The number of hydrazine groups is 1. The van der Waals surface area contributed by atoms with Crippen LogP contribution in [-0.2, 0) is 9.59 Å². The monoisotopic (exact) mass is 440 g/mol.